The summed E-state index contributed by atoms with van der Waals surface area (Å²) in [5.41, 5.74) is 0.646. The molecular weight excluding hydrogens is 224 g/mol. The van der Waals surface area contributed by atoms with Crippen molar-refractivity contribution in [2.75, 3.05) is 6.61 Å². The molecular formula is C13H17ClO2. The summed E-state index contributed by atoms with van der Waals surface area (Å²) in [6.45, 7) is 4.22. The lowest BCUT2D eigenvalue weighted by Crippen LogP contribution is -2.15. The molecule has 3 heteroatoms. The molecule has 2 nitrogen and oxygen atoms in total. The molecule has 0 saturated heterocycles. The molecule has 0 saturated carbocycles. The summed E-state index contributed by atoms with van der Waals surface area (Å²) in [6, 6.07) is 6.87. The Morgan fingerprint density at radius 1 is 1.38 bits per heavy atom. The molecule has 1 unspecified atom stereocenters. The Labute approximate surface area is 102 Å². The van der Waals surface area contributed by atoms with Gasteiger partial charge < -0.3 is 4.74 Å². The number of benzene rings is 1. The van der Waals surface area contributed by atoms with Crippen LogP contribution in [0.2, 0.25) is 5.02 Å². The fourth-order valence-corrected chi connectivity index (χ4v) is 1.55. The first-order chi connectivity index (χ1) is 7.63. The third-order valence-corrected chi connectivity index (χ3v) is 2.61. The van der Waals surface area contributed by atoms with E-state index in [-0.39, 0.29) is 18.5 Å². The van der Waals surface area contributed by atoms with Crippen molar-refractivity contribution in [3.8, 4) is 0 Å². The van der Waals surface area contributed by atoms with Crippen LogP contribution in [-0.4, -0.2) is 18.5 Å². The average Bonchev–Trinajstić information content (AvgIpc) is 2.27. The standard InChI is InChI=1S/C13H17ClO2/c1-3-4-10(2)16-9-13(15)11-5-7-12(14)8-6-11/h5-8,10H,3-4,9H2,1-2H3. The van der Waals surface area contributed by atoms with Crippen LogP contribution in [0.5, 0.6) is 0 Å². The third kappa shape index (κ3) is 4.33. The van der Waals surface area contributed by atoms with Crippen molar-refractivity contribution in [1.29, 1.82) is 0 Å². The number of ether oxygens (including phenoxy) is 1. The lowest BCUT2D eigenvalue weighted by atomic mass is 10.1. The average molecular weight is 241 g/mol. The number of carbonyl (C=O) groups excluding carboxylic acids is 1. The van der Waals surface area contributed by atoms with Gasteiger partial charge in [0, 0.05) is 10.6 Å². The molecule has 0 spiro atoms. The number of hydrogen-bond donors (Lipinski definition) is 0. The van der Waals surface area contributed by atoms with E-state index in [1.54, 1.807) is 24.3 Å². The monoisotopic (exact) mass is 240 g/mol. The number of rotatable bonds is 6. The van der Waals surface area contributed by atoms with Crippen LogP contribution in [-0.2, 0) is 4.74 Å². The van der Waals surface area contributed by atoms with Crippen LogP contribution in [0.4, 0.5) is 0 Å². The first-order valence-electron chi connectivity index (χ1n) is 5.54. The molecule has 0 aliphatic carbocycles. The van der Waals surface area contributed by atoms with E-state index in [1.165, 1.54) is 0 Å². The van der Waals surface area contributed by atoms with Crippen molar-refractivity contribution in [3.63, 3.8) is 0 Å². The first-order valence-corrected chi connectivity index (χ1v) is 5.91. The predicted molar refractivity (Wildman–Crippen MR) is 66.1 cm³/mol. The van der Waals surface area contributed by atoms with Crippen molar-refractivity contribution in [2.24, 2.45) is 0 Å². The van der Waals surface area contributed by atoms with Crippen LogP contribution in [0, 0.1) is 0 Å². The van der Waals surface area contributed by atoms with E-state index in [4.69, 9.17) is 16.3 Å². The minimum Gasteiger partial charge on any atom is -0.370 e. The second-order valence-corrected chi connectivity index (χ2v) is 4.28. The van der Waals surface area contributed by atoms with Crippen molar-refractivity contribution >= 4 is 17.4 Å². The van der Waals surface area contributed by atoms with E-state index in [1.807, 2.05) is 6.92 Å². The number of ketones is 1. The first kappa shape index (κ1) is 13.2. The molecule has 0 aromatic heterocycles. The van der Waals surface area contributed by atoms with E-state index in [0.717, 1.165) is 12.8 Å². The summed E-state index contributed by atoms with van der Waals surface area (Å²) in [5, 5.41) is 0.636. The minimum atomic E-state index is -0.000352. The van der Waals surface area contributed by atoms with Crippen molar-refractivity contribution < 1.29 is 9.53 Å². The van der Waals surface area contributed by atoms with E-state index < -0.39 is 0 Å². The van der Waals surface area contributed by atoms with Gasteiger partial charge in [-0.3, -0.25) is 4.79 Å². The summed E-state index contributed by atoms with van der Waals surface area (Å²) in [7, 11) is 0. The molecule has 0 heterocycles. The Balaban J connectivity index is 2.43. The molecule has 88 valence electrons. The molecule has 1 aromatic rings. The molecule has 1 aromatic carbocycles. The summed E-state index contributed by atoms with van der Waals surface area (Å²) in [5.74, 6) is -0.000352. The minimum absolute atomic E-state index is 0.000352. The van der Waals surface area contributed by atoms with Gasteiger partial charge in [0.15, 0.2) is 5.78 Å². The van der Waals surface area contributed by atoms with Gasteiger partial charge in [-0.25, -0.2) is 0 Å². The zero-order valence-electron chi connectivity index (χ0n) is 9.70. The number of halogens is 1. The molecule has 0 amide bonds. The molecule has 16 heavy (non-hydrogen) atoms. The number of hydrogen-bond acceptors (Lipinski definition) is 2. The highest BCUT2D eigenvalue weighted by molar-refractivity contribution is 6.30. The smallest absolute Gasteiger partial charge is 0.188 e. The van der Waals surface area contributed by atoms with E-state index >= 15 is 0 Å². The van der Waals surface area contributed by atoms with Gasteiger partial charge >= 0.3 is 0 Å². The van der Waals surface area contributed by atoms with Crippen molar-refractivity contribution in [3.05, 3.63) is 34.9 Å². The Bertz CT molecular complexity index is 332. The lowest BCUT2D eigenvalue weighted by Gasteiger charge is -2.10. The maximum atomic E-state index is 11.7. The van der Waals surface area contributed by atoms with Crippen molar-refractivity contribution in [1.82, 2.24) is 0 Å². The molecule has 0 N–H and O–H groups in total. The van der Waals surface area contributed by atoms with Gasteiger partial charge in [0.25, 0.3) is 0 Å². The van der Waals surface area contributed by atoms with Gasteiger partial charge in [-0.2, -0.15) is 0 Å². The molecule has 0 aliphatic rings. The predicted octanol–water partition coefficient (Wildman–Crippen LogP) is 3.73. The molecule has 0 radical (unpaired) electrons. The van der Waals surface area contributed by atoms with Crippen LogP contribution in [0.3, 0.4) is 0 Å². The van der Waals surface area contributed by atoms with Crippen molar-refractivity contribution in [2.45, 2.75) is 32.8 Å². The second-order valence-electron chi connectivity index (χ2n) is 3.84. The zero-order chi connectivity index (χ0) is 12.0. The van der Waals surface area contributed by atoms with Gasteiger partial charge in [-0.15, -0.1) is 0 Å². The largest absolute Gasteiger partial charge is 0.370 e. The maximum absolute atomic E-state index is 11.7. The highest BCUT2D eigenvalue weighted by Gasteiger charge is 2.08. The molecule has 1 atom stereocenters. The van der Waals surface area contributed by atoms with Crippen LogP contribution in [0.1, 0.15) is 37.0 Å². The summed E-state index contributed by atoms with van der Waals surface area (Å²) >= 11 is 5.74. The topological polar surface area (TPSA) is 26.3 Å². The van der Waals surface area contributed by atoms with Gasteiger partial charge in [0.05, 0.1) is 6.10 Å². The summed E-state index contributed by atoms with van der Waals surface area (Å²) in [6.07, 6.45) is 2.19. The number of carbonyl (C=O) groups is 1. The maximum Gasteiger partial charge on any atom is 0.188 e. The SMILES string of the molecule is CCCC(C)OCC(=O)c1ccc(Cl)cc1. The summed E-state index contributed by atoms with van der Waals surface area (Å²) < 4.78 is 5.45. The molecule has 1 rings (SSSR count). The normalized spacial score (nSPS) is 12.4. The Kier molecular flexibility index (Phi) is 5.50. The lowest BCUT2D eigenvalue weighted by molar-refractivity contribution is 0.0490. The highest BCUT2D eigenvalue weighted by atomic mass is 35.5. The Morgan fingerprint density at radius 2 is 2.00 bits per heavy atom. The van der Waals surface area contributed by atoms with Gasteiger partial charge in [-0.1, -0.05) is 24.9 Å². The van der Waals surface area contributed by atoms with Crippen LogP contribution in [0.25, 0.3) is 0 Å². The fourth-order valence-electron chi connectivity index (χ4n) is 1.43. The Hall–Kier alpha value is -0.860. The van der Waals surface area contributed by atoms with Crippen LogP contribution in [0.15, 0.2) is 24.3 Å². The highest BCUT2D eigenvalue weighted by Crippen LogP contribution is 2.10. The van der Waals surface area contributed by atoms with Crippen LogP contribution < -0.4 is 0 Å². The molecule has 0 fully saturated rings. The number of Topliss-reactive ketones (excluding diaryl/α,β-unsaturated/α-hetero) is 1. The van der Waals surface area contributed by atoms with Gasteiger partial charge in [0.2, 0.25) is 0 Å². The zero-order valence-corrected chi connectivity index (χ0v) is 10.5. The fraction of sp³-hybridized carbons (Fsp3) is 0.462. The van der Waals surface area contributed by atoms with Gasteiger partial charge in [-0.05, 0) is 37.6 Å². The van der Waals surface area contributed by atoms with Crippen LogP contribution >= 0.6 is 11.6 Å². The third-order valence-electron chi connectivity index (χ3n) is 2.36. The van der Waals surface area contributed by atoms with Gasteiger partial charge in [0.1, 0.15) is 6.61 Å². The molecule has 0 bridgehead atoms. The quantitative estimate of drug-likeness (QED) is 0.709. The van der Waals surface area contributed by atoms with E-state index in [0.29, 0.717) is 10.6 Å². The van der Waals surface area contributed by atoms with E-state index in [9.17, 15) is 4.79 Å². The second kappa shape index (κ2) is 6.66. The Morgan fingerprint density at radius 3 is 2.56 bits per heavy atom. The van der Waals surface area contributed by atoms with E-state index in [2.05, 4.69) is 6.92 Å². The molecule has 0 aliphatic heterocycles. The summed E-state index contributed by atoms with van der Waals surface area (Å²) in [4.78, 5) is 11.7.